The molecular formula is C43H78O4. The van der Waals surface area contributed by atoms with Crippen LogP contribution in [0.2, 0.25) is 0 Å². The highest BCUT2D eigenvalue weighted by atomic mass is 16.4. The zero-order valence-electron chi connectivity index (χ0n) is 31.5. The standard InChI is InChI=1S/C23H38O2.C20H40O2/c1-2-3-4-5-6-7-8-9-10-11-12-13-14-15-16-17-18-19-20-21-22-23(24)25;1-2-3-4-5-6-7-8-9-10-11-12-13-14-15-16-17-18-19-20(21)22/h2-10,15-22H2,1H3,(H,24,25);2-19H2,1H3,(H,21,22). The molecule has 0 aromatic carbocycles. The summed E-state index contributed by atoms with van der Waals surface area (Å²) in [5, 5.41) is 17.1. The summed E-state index contributed by atoms with van der Waals surface area (Å²) in [6.07, 6.45) is 42.6. The molecule has 47 heavy (non-hydrogen) atoms. The lowest BCUT2D eigenvalue weighted by molar-refractivity contribution is -0.138. The lowest BCUT2D eigenvalue weighted by Gasteiger charge is -2.03. The normalized spacial score (nSPS) is 10.3. The van der Waals surface area contributed by atoms with Crippen LogP contribution in [-0.4, -0.2) is 22.2 Å². The summed E-state index contributed by atoms with van der Waals surface area (Å²) < 4.78 is 0. The van der Waals surface area contributed by atoms with E-state index >= 15 is 0 Å². The summed E-state index contributed by atoms with van der Waals surface area (Å²) >= 11 is 0. The Morgan fingerprint density at radius 1 is 0.340 bits per heavy atom. The molecule has 0 unspecified atom stereocenters. The summed E-state index contributed by atoms with van der Waals surface area (Å²) in [5.41, 5.74) is 0. The Hall–Kier alpha value is -1.94. The zero-order valence-corrected chi connectivity index (χ0v) is 31.5. The fourth-order valence-electron chi connectivity index (χ4n) is 5.76. The quantitative estimate of drug-likeness (QED) is 0.0533. The summed E-state index contributed by atoms with van der Waals surface area (Å²) in [6.45, 7) is 4.54. The highest BCUT2D eigenvalue weighted by Crippen LogP contribution is 2.14. The molecule has 274 valence electrons. The van der Waals surface area contributed by atoms with Gasteiger partial charge in [0.2, 0.25) is 0 Å². The summed E-state index contributed by atoms with van der Waals surface area (Å²) in [6, 6.07) is 0. The first-order valence-electron chi connectivity index (χ1n) is 20.4. The predicted molar refractivity (Wildman–Crippen MR) is 204 cm³/mol. The minimum atomic E-state index is -0.682. The van der Waals surface area contributed by atoms with Crippen molar-refractivity contribution >= 4 is 11.9 Å². The summed E-state index contributed by atoms with van der Waals surface area (Å²) in [7, 11) is 0. The highest BCUT2D eigenvalue weighted by molar-refractivity contribution is 5.66. The SMILES string of the molecule is CCCCCCCCCCC#CC#CCCCCCCCCC(=O)O.CCCCCCCCCCCCCCCCCCCC(=O)O. The van der Waals surface area contributed by atoms with Crippen molar-refractivity contribution in [3.05, 3.63) is 0 Å². The number of carboxylic acids is 2. The lowest BCUT2D eigenvalue weighted by atomic mass is 10.0. The fourth-order valence-corrected chi connectivity index (χ4v) is 5.76. The van der Waals surface area contributed by atoms with Crippen molar-refractivity contribution in [1.29, 1.82) is 0 Å². The van der Waals surface area contributed by atoms with Crippen LogP contribution in [0.3, 0.4) is 0 Å². The van der Waals surface area contributed by atoms with E-state index in [0.29, 0.717) is 12.8 Å². The molecule has 0 aliphatic heterocycles. The van der Waals surface area contributed by atoms with Crippen LogP contribution < -0.4 is 0 Å². The van der Waals surface area contributed by atoms with Gasteiger partial charge in [-0.25, -0.2) is 0 Å². The van der Waals surface area contributed by atoms with Gasteiger partial charge in [-0.1, -0.05) is 199 Å². The lowest BCUT2D eigenvalue weighted by Crippen LogP contribution is -1.93. The van der Waals surface area contributed by atoms with Gasteiger partial charge in [0.15, 0.2) is 0 Å². The van der Waals surface area contributed by atoms with Crippen LogP contribution in [0.1, 0.15) is 239 Å². The number of aliphatic carboxylic acids is 2. The second-order valence-electron chi connectivity index (χ2n) is 13.6. The van der Waals surface area contributed by atoms with Crippen molar-refractivity contribution < 1.29 is 19.8 Å². The first-order chi connectivity index (χ1) is 23.0. The van der Waals surface area contributed by atoms with Crippen molar-refractivity contribution in [2.45, 2.75) is 239 Å². The molecule has 0 fully saturated rings. The molecular weight excluding hydrogens is 580 g/mol. The van der Waals surface area contributed by atoms with Crippen molar-refractivity contribution in [2.24, 2.45) is 0 Å². The third-order valence-electron chi connectivity index (χ3n) is 8.83. The third kappa shape index (κ3) is 51.1. The maximum absolute atomic E-state index is 10.4. The number of hydrogen-bond acceptors (Lipinski definition) is 2. The van der Waals surface area contributed by atoms with E-state index in [0.717, 1.165) is 51.4 Å². The number of unbranched alkanes of at least 4 members (excludes halogenated alkanes) is 30. The molecule has 0 bridgehead atoms. The van der Waals surface area contributed by atoms with Gasteiger partial charge in [0.1, 0.15) is 0 Å². The Morgan fingerprint density at radius 3 is 0.787 bits per heavy atom. The Kier molecular flexibility index (Phi) is 44.2. The molecule has 2 N–H and O–H groups in total. The van der Waals surface area contributed by atoms with Gasteiger partial charge in [-0.15, -0.1) is 0 Å². The fraction of sp³-hybridized carbons (Fsp3) is 0.860. The molecule has 0 aliphatic rings. The molecule has 0 aromatic heterocycles. The van der Waals surface area contributed by atoms with E-state index < -0.39 is 11.9 Å². The van der Waals surface area contributed by atoms with Gasteiger partial charge >= 0.3 is 11.9 Å². The minimum Gasteiger partial charge on any atom is -0.481 e. The molecule has 0 spiro atoms. The van der Waals surface area contributed by atoms with Crippen molar-refractivity contribution in [1.82, 2.24) is 0 Å². The Labute approximate surface area is 293 Å². The average molecular weight is 659 g/mol. The molecule has 4 nitrogen and oxygen atoms in total. The number of rotatable bonds is 34. The van der Waals surface area contributed by atoms with Crippen molar-refractivity contribution in [3.63, 3.8) is 0 Å². The number of carboxylic acid groups (broad SMARTS) is 2. The van der Waals surface area contributed by atoms with Crippen molar-refractivity contribution in [3.8, 4) is 23.7 Å². The molecule has 0 aliphatic carbocycles. The molecule has 0 radical (unpaired) electrons. The second kappa shape index (κ2) is 44.1. The van der Waals surface area contributed by atoms with E-state index in [1.165, 1.54) is 161 Å². The first kappa shape index (κ1) is 47.2. The van der Waals surface area contributed by atoms with Gasteiger partial charge in [0.25, 0.3) is 0 Å². The smallest absolute Gasteiger partial charge is 0.303 e. The molecule has 4 heteroatoms. The van der Waals surface area contributed by atoms with Gasteiger partial charge < -0.3 is 10.2 Å². The zero-order chi connectivity index (χ0) is 34.7. The van der Waals surface area contributed by atoms with E-state index in [9.17, 15) is 9.59 Å². The maximum atomic E-state index is 10.4. The maximum Gasteiger partial charge on any atom is 0.303 e. The third-order valence-corrected chi connectivity index (χ3v) is 8.83. The van der Waals surface area contributed by atoms with E-state index in [-0.39, 0.29) is 0 Å². The first-order valence-corrected chi connectivity index (χ1v) is 20.4. The molecule has 0 atom stereocenters. The largest absolute Gasteiger partial charge is 0.481 e. The number of carbonyl (C=O) groups is 2. The van der Waals surface area contributed by atoms with Gasteiger partial charge in [-0.3, -0.25) is 9.59 Å². The Bertz CT molecular complexity index is 766. The predicted octanol–water partition coefficient (Wildman–Crippen LogP) is 13.8. The van der Waals surface area contributed by atoms with Crippen LogP contribution in [-0.2, 0) is 9.59 Å². The van der Waals surface area contributed by atoms with Crippen LogP contribution in [0.15, 0.2) is 0 Å². The van der Waals surface area contributed by atoms with Crippen LogP contribution in [0.5, 0.6) is 0 Å². The molecule has 0 saturated carbocycles. The summed E-state index contributed by atoms with van der Waals surface area (Å²) in [4.78, 5) is 20.7. The molecule has 0 saturated heterocycles. The van der Waals surface area contributed by atoms with Crippen molar-refractivity contribution in [2.75, 3.05) is 0 Å². The molecule has 0 amide bonds. The van der Waals surface area contributed by atoms with E-state index in [2.05, 4.69) is 37.5 Å². The Balaban J connectivity index is 0. The molecule has 0 rings (SSSR count). The average Bonchev–Trinajstić information content (AvgIpc) is 3.05. The van der Waals surface area contributed by atoms with Crippen LogP contribution in [0.25, 0.3) is 0 Å². The van der Waals surface area contributed by atoms with Gasteiger partial charge in [0, 0.05) is 25.7 Å². The summed E-state index contributed by atoms with van der Waals surface area (Å²) in [5.74, 6) is 10.9. The monoisotopic (exact) mass is 659 g/mol. The van der Waals surface area contributed by atoms with Gasteiger partial charge in [-0.05, 0) is 37.5 Å². The van der Waals surface area contributed by atoms with Crippen LogP contribution in [0.4, 0.5) is 0 Å². The van der Waals surface area contributed by atoms with Gasteiger partial charge in [0.05, 0.1) is 0 Å². The van der Waals surface area contributed by atoms with E-state index in [4.69, 9.17) is 10.2 Å². The molecule has 0 aromatic rings. The highest BCUT2D eigenvalue weighted by Gasteiger charge is 1.98. The molecule has 0 heterocycles. The second-order valence-corrected chi connectivity index (χ2v) is 13.6. The van der Waals surface area contributed by atoms with Crippen LogP contribution in [0, 0.1) is 23.7 Å². The topological polar surface area (TPSA) is 74.6 Å². The Morgan fingerprint density at radius 2 is 0.553 bits per heavy atom. The number of hydrogen-bond donors (Lipinski definition) is 2. The minimum absolute atomic E-state index is 0.309. The van der Waals surface area contributed by atoms with E-state index in [1.54, 1.807) is 0 Å². The van der Waals surface area contributed by atoms with E-state index in [1.807, 2.05) is 0 Å². The van der Waals surface area contributed by atoms with Crippen LogP contribution >= 0.6 is 0 Å². The van der Waals surface area contributed by atoms with Gasteiger partial charge in [-0.2, -0.15) is 0 Å².